The smallest absolute Gasteiger partial charge is 0.272 e. The molecule has 452 valence electrons. The van der Waals surface area contributed by atoms with Crippen molar-refractivity contribution in [1.82, 2.24) is 46.1 Å². The van der Waals surface area contributed by atoms with Crippen molar-refractivity contribution < 1.29 is 57.5 Å². The van der Waals surface area contributed by atoms with Crippen molar-refractivity contribution in [2.75, 3.05) is 61.1 Å². The van der Waals surface area contributed by atoms with Gasteiger partial charge in [-0.05, 0) is 102 Å². The number of nitrogens with zero attached hydrogens (tertiary/aromatic N) is 5. The highest BCUT2D eigenvalue weighted by molar-refractivity contribution is 6.12. The van der Waals surface area contributed by atoms with E-state index in [2.05, 4.69) is 35.3 Å². The molecule has 0 radical (unpaired) electrons. The third-order valence-corrected chi connectivity index (χ3v) is 17.0. The van der Waals surface area contributed by atoms with Gasteiger partial charge in [-0.15, -0.1) is 0 Å². The van der Waals surface area contributed by atoms with Gasteiger partial charge >= 0.3 is 0 Å². The Kier molecular flexibility index (Phi) is 25.9. The highest BCUT2D eigenvalue weighted by Gasteiger charge is 2.64. The van der Waals surface area contributed by atoms with E-state index in [1.165, 1.54) is 22.1 Å². The second-order valence-electron chi connectivity index (χ2n) is 23.5. The van der Waals surface area contributed by atoms with E-state index in [0.717, 1.165) is 24.8 Å². The largest absolute Gasteiger partial charge is 0.379 e. The van der Waals surface area contributed by atoms with E-state index in [0.29, 0.717) is 90.6 Å². The molecule has 1 aromatic carbocycles. The van der Waals surface area contributed by atoms with E-state index in [9.17, 15) is 43.2 Å². The molecule has 3 heterocycles. The van der Waals surface area contributed by atoms with E-state index in [1.807, 2.05) is 81.9 Å². The summed E-state index contributed by atoms with van der Waals surface area (Å²) in [6.45, 7) is 15.8. The first-order chi connectivity index (χ1) is 38.6. The zero-order chi connectivity index (χ0) is 59.6. The van der Waals surface area contributed by atoms with Crippen LogP contribution < -0.4 is 21.5 Å². The molecule has 1 aromatic rings. The van der Waals surface area contributed by atoms with Crippen LogP contribution in [0.1, 0.15) is 156 Å². The minimum Gasteiger partial charge on any atom is -0.379 e. The maximum Gasteiger partial charge on any atom is 0.272 e. The molecule has 5 rings (SSSR count). The molecule has 4 aliphatic rings. The predicted molar refractivity (Wildman–Crippen MR) is 305 cm³/mol. The summed E-state index contributed by atoms with van der Waals surface area (Å²) in [5.74, 6) is -4.29. The van der Waals surface area contributed by atoms with Gasteiger partial charge in [-0.1, -0.05) is 98.1 Å². The van der Waals surface area contributed by atoms with Gasteiger partial charge in [-0.2, -0.15) is 0 Å². The number of carbonyl (C=O) groups is 9. The number of carbonyl (C=O) groups excluding carboxylic acids is 9. The van der Waals surface area contributed by atoms with Crippen molar-refractivity contribution in [2.24, 2.45) is 23.7 Å². The van der Waals surface area contributed by atoms with Crippen molar-refractivity contribution in [1.29, 1.82) is 0 Å². The third kappa shape index (κ3) is 17.7. The molecule has 0 bridgehead atoms. The Morgan fingerprint density at radius 3 is 1.94 bits per heavy atom. The molecule has 4 N–H and O–H groups in total. The highest BCUT2D eigenvalue weighted by atomic mass is 16.7. The van der Waals surface area contributed by atoms with Gasteiger partial charge in [-0.25, -0.2) is 5.06 Å². The lowest BCUT2D eigenvalue weighted by Crippen LogP contribution is -2.60. The molecule has 9 amide bonds. The zero-order valence-electron chi connectivity index (χ0n) is 50.2. The Balaban J connectivity index is 1.13. The van der Waals surface area contributed by atoms with Crippen molar-refractivity contribution >= 4 is 53.2 Å². The van der Waals surface area contributed by atoms with Gasteiger partial charge in [0.25, 0.3) is 17.7 Å². The van der Waals surface area contributed by atoms with Crippen LogP contribution in [0.5, 0.6) is 0 Å². The number of likely N-dealkylation sites (N-methyl/N-ethyl adjacent to an activating group) is 2. The first kappa shape index (κ1) is 66.2. The molecular weight excluding hydrogens is 1040 g/mol. The number of hydroxylamine groups is 2. The molecule has 81 heavy (non-hydrogen) atoms. The summed E-state index contributed by atoms with van der Waals surface area (Å²) in [4.78, 5) is 133. The van der Waals surface area contributed by atoms with Crippen LogP contribution in [0.3, 0.4) is 0 Å². The summed E-state index contributed by atoms with van der Waals surface area (Å²) in [6, 6.07) is 7.48. The van der Waals surface area contributed by atoms with Crippen LogP contribution in [0.15, 0.2) is 42.5 Å². The number of amides is 9. The van der Waals surface area contributed by atoms with E-state index < -0.39 is 59.6 Å². The van der Waals surface area contributed by atoms with Gasteiger partial charge in [0.2, 0.25) is 35.4 Å². The molecule has 21 heteroatoms. The Hall–Kier alpha value is -5.61. The predicted octanol–water partition coefficient (Wildman–Crippen LogP) is 4.79. The maximum atomic E-state index is 14.7. The Bertz CT molecular complexity index is 2310. The quantitative estimate of drug-likeness (QED) is 0.0431. The number of hydrogen-bond donors (Lipinski definition) is 4. The highest BCUT2D eigenvalue weighted by Crippen LogP contribution is 2.53. The van der Waals surface area contributed by atoms with Crippen LogP contribution in [-0.4, -0.2) is 181 Å². The van der Waals surface area contributed by atoms with Crippen LogP contribution in [0.2, 0.25) is 0 Å². The van der Waals surface area contributed by atoms with Crippen LogP contribution in [0.4, 0.5) is 0 Å². The number of unbranched alkanes of at least 4 members (excludes halogenated alkanes) is 4. The second-order valence-corrected chi connectivity index (χ2v) is 23.5. The van der Waals surface area contributed by atoms with Gasteiger partial charge in [0.15, 0.2) is 0 Å². The van der Waals surface area contributed by atoms with Crippen molar-refractivity contribution in [3.63, 3.8) is 0 Å². The van der Waals surface area contributed by atoms with E-state index in [1.54, 1.807) is 26.0 Å². The fourth-order valence-corrected chi connectivity index (χ4v) is 12.3. The van der Waals surface area contributed by atoms with Gasteiger partial charge < -0.3 is 19.7 Å². The molecule has 21 nitrogen and oxygen atoms in total. The van der Waals surface area contributed by atoms with Crippen LogP contribution in [0.25, 0.3) is 0 Å². The molecule has 0 unspecified atom stereocenters. The number of hydrogen-bond acceptors (Lipinski definition) is 14. The Morgan fingerprint density at radius 1 is 0.753 bits per heavy atom. The standard InChI is InChI=1S/C60H95N9O12/c1-12-41(6)54(46(79-10)37-51(74)67-34-24-27-45(67)55(80-11)42(7)56(75)62-60(59(78)69-35-22-23-36-81-69)38-44(60)43-25-16-13-17-26-43)66(9)53(40(4)5)58(77)61-57(76)52(39(2)3)65(8)32-20-14-18-28-47(70)63-64-48(71)29-19-15-21-33-68-49(72)30-31-50(68)73/h13,16-17,25-26,30-31,39-42,44-46,52-55H,12,14-15,18-24,27-29,32-38H2,1-11H3,(H,62,75)(H,63,70)(H,64,71)(H,61,76,77)/t41-,42+,44+,45-,46+,52-,53-,54-,55+,60-/m0/s1. The maximum absolute atomic E-state index is 14.7. The number of rotatable bonds is 32. The molecule has 3 fully saturated rings. The minimum atomic E-state index is -1.16. The fraction of sp³-hybridized carbons (Fsp3) is 0.717. The molecule has 1 aliphatic carbocycles. The summed E-state index contributed by atoms with van der Waals surface area (Å²) in [6.07, 6.45) is 9.39. The van der Waals surface area contributed by atoms with Crippen molar-refractivity contribution in [3.8, 4) is 0 Å². The van der Waals surface area contributed by atoms with Gasteiger partial charge in [0, 0.05) is 70.8 Å². The first-order valence-corrected chi connectivity index (χ1v) is 29.7. The SMILES string of the molecule is CC[C@H](C)[C@@H]([C@@H](CC(=O)N1CCC[C@H]1[C@H](OC)[C@@H](C)C(=O)N[C@@]1(C(=O)N2CCCCO2)C[C@@H]1c1ccccc1)OC)N(C)[C@H](C(=O)NC(=O)[C@H](C(C)C)N(C)CCCCCC(=O)NNC(=O)CCCCCN1C(=O)C=CC1=O)C(C)C. The summed E-state index contributed by atoms with van der Waals surface area (Å²) >= 11 is 0. The van der Waals surface area contributed by atoms with Crippen molar-refractivity contribution in [3.05, 3.63) is 48.0 Å². The van der Waals surface area contributed by atoms with E-state index >= 15 is 0 Å². The molecule has 1 saturated carbocycles. The lowest BCUT2D eigenvalue weighted by atomic mass is 9.87. The molecular formula is C60H95N9O12. The summed E-state index contributed by atoms with van der Waals surface area (Å²) in [7, 11) is 6.83. The summed E-state index contributed by atoms with van der Waals surface area (Å²) in [5.41, 5.74) is 4.69. The zero-order valence-corrected chi connectivity index (χ0v) is 50.2. The van der Waals surface area contributed by atoms with Crippen LogP contribution in [0, 0.1) is 23.7 Å². The van der Waals surface area contributed by atoms with Gasteiger partial charge in [0.1, 0.15) is 5.54 Å². The lowest BCUT2D eigenvalue weighted by Gasteiger charge is -2.43. The number of hydrazine groups is 1. The molecule has 2 saturated heterocycles. The monoisotopic (exact) mass is 1130 g/mol. The molecule has 10 atom stereocenters. The Morgan fingerprint density at radius 2 is 1.37 bits per heavy atom. The topological polar surface area (TPSA) is 246 Å². The second kappa shape index (κ2) is 31.7. The molecule has 0 aromatic heterocycles. The summed E-state index contributed by atoms with van der Waals surface area (Å²) < 4.78 is 12.3. The normalized spacial score (nSPS) is 21.7. The number of imide groups is 2. The van der Waals surface area contributed by atoms with E-state index in [4.69, 9.17) is 14.3 Å². The molecule has 3 aliphatic heterocycles. The minimum absolute atomic E-state index is 0.00150. The fourth-order valence-electron chi connectivity index (χ4n) is 12.3. The van der Waals surface area contributed by atoms with Crippen LogP contribution in [-0.2, 0) is 57.5 Å². The number of likely N-dealkylation sites (tertiary alicyclic amines) is 1. The number of ether oxygens (including phenoxy) is 2. The van der Waals surface area contributed by atoms with Crippen molar-refractivity contribution in [2.45, 2.75) is 193 Å². The van der Waals surface area contributed by atoms with Gasteiger partial charge in [0.05, 0.1) is 49.3 Å². The molecule has 0 spiro atoms. The average molecular weight is 1130 g/mol. The average Bonchev–Trinajstić information content (AvgIpc) is 3.59. The third-order valence-electron chi connectivity index (χ3n) is 17.0. The Labute approximate surface area is 480 Å². The number of methoxy groups -OCH3 is 2. The van der Waals surface area contributed by atoms with Gasteiger partial charge in [-0.3, -0.25) is 78.9 Å². The van der Waals surface area contributed by atoms with E-state index in [-0.39, 0.29) is 84.3 Å². The van der Waals surface area contributed by atoms with Crippen LogP contribution >= 0.6 is 0 Å². The summed E-state index contributed by atoms with van der Waals surface area (Å²) in [5, 5.41) is 7.33. The lowest BCUT2D eigenvalue weighted by molar-refractivity contribution is -0.200. The first-order valence-electron chi connectivity index (χ1n) is 29.7. The number of benzene rings is 1. The number of nitrogens with one attached hydrogen (secondary N) is 4.